The number of aryl methyl sites for hydroxylation is 1. The van der Waals surface area contributed by atoms with Crippen molar-refractivity contribution in [1.82, 2.24) is 10.3 Å². The molecule has 0 aliphatic rings. The van der Waals surface area contributed by atoms with E-state index in [-0.39, 0.29) is 12.8 Å². The Morgan fingerprint density at radius 3 is 2.70 bits per heavy atom. The van der Waals surface area contributed by atoms with Gasteiger partial charge in [0.1, 0.15) is 0 Å². The maximum absolute atomic E-state index is 12.9. The lowest BCUT2D eigenvalue weighted by molar-refractivity contribution is -0.122. The van der Waals surface area contributed by atoms with Crippen LogP contribution in [0, 0.1) is 0 Å². The highest BCUT2D eigenvalue weighted by Gasteiger charge is 2.27. The van der Waals surface area contributed by atoms with Crippen LogP contribution in [0.2, 0.25) is 5.02 Å². The Morgan fingerprint density at radius 2 is 2.04 bits per heavy atom. The quantitative estimate of drug-likeness (QED) is 0.809. The van der Waals surface area contributed by atoms with Gasteiger partial charge in [0, 0.05) is 23.4 Å². The lowest BCUT2D eigenvalue weighted by Gasteiger charge is -2.14. The highest BCUT2D eigenvalue weighted by molar-refractivity contribution is 6.30. The first kappa shape index (κ1) is 17.4. The van der Waals surface area contributed by atoms with Gasteiger partial charge < -0.3 is 15.5 Å². The second kappa shape index (κ2) is 7.52. The molecule has 0 bridgehead atoms. The predicted molar refractivity (Wildman–Crippen MR) is 82.3 cm³/mol. The van der Waals surface area contributed by atoms with Crippen LogP contribution in [0.4, 0.5) is 8.78 Å². The Morgan fingerprint density at radius 1 is 1.35 bits per heavy atom. The minimum Gasteiger partial charge on any atom is -0.441 e. The van der Waals surface area contributed by atoms with Crippen molar-refractivity contribution in [1.29, 1.82) is 0 Å². The van der Waals surface area contributed by atoms with Crippen LogP contribution < -0.4 is 11.1 Å². The minimum absolute atomic E-state index is 0.00121. The number of carbonyl (C=O) groups is 1. The highest BCUT2D eigenvalue weighted by Crippen LogP contribution is 2.22. The molecule has 8 heteroatoms. The summed E-state index contributed by atoms with van der Waals surface area (Å²) in [7, 11) is 0. The van der Waals surface area contributed by atoms with Crippen LogP contribution in [0.5, 0.6) is 0 Å². The fourth-order valence-corrected chi connectivity index (χ4v) is 1.91. The van der Waals surface area contributed by atoms with E-state index in [1.807, 2.05) is 0 Å². The van der Waals surface area contributed by atoms with Crippen LogP contribution in [-0.2, 0) is 11.2 Å². The van der Waals surface area contributed by atoms with Crippen LogP contribution >= 0.6 is 11.6 Å². The standard InChI is InChI=1S/C15H16ClF2N3O2/c16-11-3-1-10(2-4-11)12-7-20-14(23-12)6-5-13(22)21-9-15(17,18)8-19/h1-4,7H,5-6,8-9,19H2,(H,21,22). The molecule has 1 amide bonds. The number of hydrogen-bond donors (Lipinski definition) is 2. The zero-order valence-corrected chi connectivity index (χ0v) is 12.9. The largest absolute Gasteiger partial charge is 0.441 e. The van der Waals surface area contributed by atoms with E-state index in [1.165, 1.54) is 0 Å². The summed E-state index contributed by atoms with van der Waals surface area (Å²) in [5.74, 6) is -2.70. The number of nitrogens with one attached hydrogen (secondary N) is 1. The molecule has 0 saturated heterocycles. The summed E-state index contributed by atoms with van der Waals surface area (Å²) >= 11 is 5.81. The molecule has 0 radical (unpaired) electrons. The SMILES string of the molecule is NCC(F)(F)CNC(=O)CCc1ncc(-c2ccc(Cl)cc2)o1. The van der Waals surface area contributed by atoms with E-state index in [1.54, 1.807) is 30.5 Å². The zero-order valence-electron chi connectivity index (χ0n) is 12.2. The van der Waals surface area contributed by atoms with Gasteiger partial charge in [-0.1, -0.05) is 11.6 Å². The fourth-order valence-electron chi connectivity index (χ4n) is 1.78. The van der Waals surface area contributed by atoms with Gasteiger partial charge in [-0.05, 0) is 24.3 Å². The fraction of sp³-hybridized carbons (Fsp3) is 0.333. The van der Waals surface area contributed by atoms with E-state index in [0.717, 1.165) is 5.56 Å². The molecule has 124 valence electrons. The van der Waals surface area contributed by atoms with Gasteiger partial charge in [-0.3, -0.25) is 4.79 Å². The number of rotatable bonds is 7. The third-order valence-corrected chi connectivity index (χ3v) is 3.34. The summed E-state index contributed by atoms with van der Waals surface area (Å²) in [6.07, 6.45) is 1.76. The van der Waals surface area contributed by atoms with Gasteiger partial charge in [0.25, 0.3) is 5.92 Å². The molecule has 0 aliphatic heterocycles. The zero-order chi connectivity index (χ0) is 16.9. The number of amides is 1. The summed E-state index contributed by atoms with van der Waals surface area (Å²) in [6.45, 7) is -1.58. The predicted octanol–water partition coefficient (Wildman–Crippen LogP) is 2.64. The van der Waals surface area contributed by atoms with Crippen molar-refractivity contribution in [2.45, 2.75) is 18.8 Å². The second-order valence-corrected chi connectivity index (χ2v) is 5.40. The Hall–Kier alpha value is -1.99. The molecule has 0 aliphatic carbocycles. The third-order valence-electron chi connectivity index (χ3n) is 3.09. The summed E-state index contributed by atoms with van der Waals surface area (Å²) in [4.78, 5) is 15.6. The lowest BCUT2D eigenvalue weighted by atomic mass is 10.2. The molecule has 1 heterocycles. The van der Waals surface area contributed by atoms with Gasteiger partial charge in [0.05, 0.1) is 19.3 Å². The number of alkyl halides is 2. The molecule has 23 heavy (non-hydrogen) atoms. The normalized spacial score (nSPS) is 11.5. The number of carbonyl (C=O) groups excluding carboxylic acids is 1. The number of nitrogens with zero attached hydrogens (tertiary/aromatic N) is 1. The third kappa shape index (κ3) is 5.30. The number of aromatic nitrogens is 1. The topological polar surface area (TPSA) is 81.1 Å². The average molecular weight is 344 g/mol. The Bertz CT molecular complexity index is 659. The van der Waals surface area contributed by atoms with Gasteiger partial charge >= 0.3 is 0 Å². The van der Waals surface area contributed by atoms with Crippen LogP contribution in [0.15, 0.2) is 34.9 Å². The molecule has 1 aromatic heterocycles. The molecule has 2 rings (SSSR count). The van der Waals surface area contributed by atoms with Crippen molar-refractivity contribution in [3.05, 3.63) is 41.4 Å². The maximum Gasteiger partial charge on any atom is 0.277 e. The number of nitrogens with two attached hydrogens (primary N) is 1. The summed E-state index contributed by atoms with van der Waals surface area (Å²) in [5, 5.41) is 2.75. The first-order chi connectivity index (χ1) is 10.9. The van der Waals surface area contributed by atoms with Crippen LogP contribution in [-0.4, -0.2) is 29.9 Å². The molecule has 2 aromatic rings. The molecule has 5 nitrogen and oxygen atoms in total. The molecule has 0 spiro atoms. The summed E-state index contributed by atoms with van der Waals surface area (Å²) in [5.41, 5.74) is 5.70. The molecular weight excluding hydrogens is 328 g/mol. The van der Waals surface area contributed by atoms with Gasteiger partial charge in [-0.2, -0.15) is 0 Å². The second-order valence-electron chi connectivity index (χ2n) is 4.96. The van der Waals surface area contributed by atoms with E-state index in [0.29, 0.717) is 16.7 Å². The number of hydrogen-bond acceptors (Lipinski definition) is 4. The number of halogens is 3. The monoisotopic (exact) mass is 343 g/mol. The number of oxazole rings is 1. The van der Waals surface area contributed by atoms with E-state index in [9.17, 15) is 13.6 Å². The van der Waals surface area contributed by atoms with Crippen molar-refractivity contribution < 1.29 is 18.0 Å². The van der Waals surface area contributed by atoms with Crippen molar-refractivity contribution in [2.75, 3.05) is 13.1 Å². The lowest BCUT2D eigenvalue weighted by Crippen LogP contribution is -2.41. The van der Waals surface area contributed by atoms with Crippen LogP contribution in [0.1, 0.15) is 12.3 Å². The molecule has 0 atom stereocenters. The van der Waals surface area contributed by atoms with E-state index in [4.69, 9.17) is 21.8 Å². The van der Waals surface area contributed by atoms with Crippen molar-refractivity contribution >= 4 is 17.5 Å². The smallest absolute Gasteiger partial charge is 0.277 e. The molecule has 1 aromatic carbocycles. The molecule has 3 N–H and O–H groups in total. The van der Waals surface area contributed by atoms with Crippen LogP contribution in [0.25, 0.3) is 11.3 Å². The molecular formula is C15H16ClF2N3O2. The molecule has 0 unspecified atom stereocenters. The summed E-state index contributed by atoms with van der Waals surface area (Å²) < 4.78 is 31.4. The van der Waals surface area contributed by atoms with E-state index in [2.05, 4.69) is 10.3 Å². The highest BCUT2D eigenvalue weighted by atomic mass is 35.5. The number of benzene rings is 1. The Balaban J connectivity index is 1.85. The first-order valence-electron chi connectivity index (χ1n) is 6.95. The first-order valence-corrected chi connectivity index (χ1v) is 7.33. The average Bonchev–Trinajstić information content (AvgIpc) is 3.01. The van der Waals surface area contributed by atoms with Crippen molar-refractivity contribution in [3.63, 3.8) is 0 Å². The molecule has 0 fully saturated rings. The minimum atomic E-state index is -3.10. The van der Waals surface area contributed by atoms with Crippen molar-refractivity contribution in [2.24, 2.45) is 5.73 Å². The van der Waals surface area contributed by atoms with Gasteiger partial charge in [-0.15, -0.1) is 0 Å². The Kier molecular flexibility index (Phi) is 5.68. The molecule has 0 saturated carbocycles. The van der Waals surface area contributed by atoms with Gasteiger partial charge in [0.15, 0.2) is 11.7 Å². The maximum atomic E-state index is 12.9. The summed E-state index contributed by atoms with van der Waals surface area (Å²) in [6, 6.07) is 7.02. The Labute approximate surface area is 136 Å². The van der Waals surface area contributed by atoms with Gasteiger partial charge in [-0.25, -0.2) is 13.8 Å². The van der Waals surface area contributed by atoms with Crippen LogP contribution in [0.3, 0.4) is 0 Å². The van der Waals surface area contributed by atoms with Crippen molar-refractivity contribution in [3.8, 4) is 11.3 Å². The van der Waals surface area contributed by atoms with E-state index >= 15 is 0 Å². The van der Waals surface area contributed by atoms with Gasteiger partial charge in [0.2, 0.25) is 5.91 Å². The van der Waals surface area contributed by atoms with E-state index < -0.39 is 24.9 Å².